The van der Waals surface area contributed by atoms with Gasteiger partial charge in [-0.2, -0.15) is 0 Å². The summed E-state index contributed by atoms with van der Waals surface area (Å²) in [4.78, 5) is 19.5. The summed E-state index contributed by atoms with van der Waals surface area (Å²) in [5, 5.41) is 0. The third kappa shape index (κ3) is 2.60. The normalized spacial score (nSPS) is 11.1. The number of benzene rings is 1. The van der Waals surface area contributed by atoms with E-state index in [9.17, 15) is 4.79 Å². The van der Waals surface area contributed by atoms with Crippen molar-refractivity contribution in [3.63, 3.8) is 0 Å². The molecule has 0 fully saturated rings. The Morgan fingerprint density at radius 2 is 1.84 bits per heavy atom. The second kappa shape index (κ2) is 5.00. The molecule has 0 saturated heterocycles. The maximum Gasteiger partial charge on any atom is 0.254 e. The Kier molecular flexibility index (Phi) is 3.56. The van der Waals surface area contributed by atoms with Gasteiger partial charge in [-0.1, -0.05) is 37.6 Å². The maximum atomic E-state index is 12.0. The Morgan fingerprint density at radius 1 is 1.16 bits per heavy atom. The molecule has 0 amide bonds. The van der Waals surface area contributed by atoms with Crippen LogP contribution in [-0.2, 0) is 0 Å². The van der Waals surface area contributed by atoms with E-state index in [2.05, 4.69) is 35.9 Å². The predicted octanol–water partition coefficient (Wildman–Crippen LogP) is 3.49. The van der Waals surface area contributed by atoms with E-state index in [1.54, 1.807) is 0 Å². The highest BCUT2D eigenvalue weighted by Gasteiger charge is 2.13. The number of H-pyrrole nitrogens is 1. The average Bonchev–Trinajstić information content (AvgIpc) is 2.33. The molecule has 3 nitrogen and oxygen atoms in total. The summed E-state index contributed by atoms with van der Waals surface area (Å²) < 4.78 is 0. The first-order valence-corrected chi connectivity index (χ1v) is 6.58. The summed E-state index contributed by atoms with van der Waals surface area (Å²) in [6.07, 6.45) is 0. The minimum Gasteiger partial charge on any atom is -0.310 e. The van der Waals surface area contributed by atoms with Gasteiger partial charge in [0.2, 0.25) is 0 Å². The molecular weight excluding hydrogens is 236 g/mol. The van der Waals surface area contributed by atoms with Crippen LogP contribution in [0.4, 0.5) is 0 Å². The van der Waals surface area contributed by atoms with Gasteiger partial charge in [0.1, 0.15) is 5.82 Å². The number of hydrogen-bond acceptors (Lipinski definition) is 2. The van der Waals surface area contributed by atoms with Crippen LogP contribution >= 0.6 is 0 Å². The molecule has 2 rings (SSSR count). The van der Waals surface area contributed by atoms with E-state index in [1.807, 2.05) is 26.8 Å². The zero-order valence-electron chi connectivity index (χ0n) is 12.2. The van der Waals surface area contributed by atoms with E-state index in [0.29, 0.717) is 5.56 Å². The third-order valence-electron chi connectivity index (χ3n) is 3.35. The highest BCUT2D eigenvalue weighted by atomic mass is 16.1. The molecule has 1 N–H and O–H groups in total. The number of nitrogens with zero attached hydrogens (tertiary/aromatic N) is 1. The second-order valence-electron chi connectivity index (χ2n) is 5.40. The monoisotopic (exact) mass is 256 g/mol. The Balaban J connectivity index is 2.70. The molecule has 19 heavy (non-hydrogen) atoms. The van der Waals surface area contributed by atoms with E-state index in [0.717, 1.165) is 22.6 Å². The molecule has 100 valence electrons. The van der Waals surface area contributed by atoms with Gasteiger partial charge < -0.3 is 4.98 Å². The van der Waals surface area contributed by atoms with Gasteiger partial charge in [0.15, 0.2) is 0 Å². The van der Waals surface area contributed by atoms with Crippen LogP contribution in [0.25, 0.3) is 11.3 Å². The van der Waals surface area contributed by atoms with Gasteiger partial charge in [-0.25, -0.2) is 4.98 Å². The fraction of sp³-hybridized carbons (Fsp3) is 0.375. The van der Waals surface area contributed by atoms with Gasteiger partial charge in [-0.3, -0.25) is 4.79 Å². The average molecular weight is 256 g/mol. The van der Waals surface area contributed by atoms with Gasteiger partial charge in [0.25, 0.3) is 5.56 Å². The largest absolute Gasteiger partial charge is 0.310 e. The van der Waals surface area contributed by atoms with Crippen molar-refractivity contribution in [3.8, 4) is 11.3 Å². The zero-order valence-corrected chi connectivity index (χ0v) is 12.2. The van der Waals surface area contributed by atoms with Crippen molar-refractivity contribution in [1.82, 2.24) is 9.97 Å². The smallest absolute Gasteiger partial charge is 0.254 e. The first kappa shape index (κ1) is 13.5. The van der Waals surface area contributed by atoms with E-state index < -0.39 is 0 Å². The predicted molar refractivity (Wildman–Crippen MR) is 78.6 cm³/mol. The molecule has 2 aromatic rings. The van der Waals surface area contributed by atoms with Crippen molar-refractivity contribution in [2.24, 2.45) is 0 Å². The van der Waals surface area contributed by atoms with Crippen molar-refractivity contribution in [3.05, 3.63) is 51.1 Å². The minimum absolute atomic E-state index is 0.0475. The fourth-order valence-electron chi connectivity index (χ4n) is 2.16. The van der Waals surface area contributed by atoms with E-state index >= 15 is 0 Å². The van der Waals surface area contributed by atoms with E-state index in [4.69, 9.17) is 0 Å². The topological polar surface area (TPSA) is 45.8 Å². The Hall–Kier alpha value is -1.90. The van der Waals surface area contributed by atoms with Crippen LogP contribution in [0, 0.1) is 20.8 Å². The van der Waals surface area contributed by atoms with Gasteiger partial charge in [-0.05, 0) is 26.3 Å². The highest BCUT2D eigenvalue weighted by molar-refractivity contribution is 5.66. The minimum atomic E-state index is -0.0475. The standard InChI is InChI=1S/C16H20N2O/c1-9(2)15-17-14(12(5)16(19)18-15)13-7-6-10(3)8-11(13)4/h6-9H,1-5H3,(H,17,18,19). The van der Waals surface area contributed by atoms with Crippen LogP contribution in [0.3, 0.4) is 0 Å². The molecule has 1 aromatic carbocycles. The first-order chi connectivity index (χ1) is 8.90. The summed E-state index contributed by atoms with van der Waals surface area (Å²) in [6.45, 7) is 10.00. The van der Waals surface area contributed by atoms with Gasteiger partial charge in [-0.15, -0.1) is 0 Å². The Bertz CT molecular complexity index is 669. The number of rotatable bonds is 2. The Labute approximate surface area is 113 Å². The van der Waals surface area contributed by atoms with Crippen LogP contribution in [0.5, 0.6) is 0 Å². The zero-order chi connectivity index (χ0) is 14.2. The first-order valence-electron chi connectivity index (χ1n) is 6.58. The van der Waals surface area contributed by atoms with Crippen LogP contribution in [0.1, 0.15) is 42.3 Å². The lowest BCUT2D eigenvalue weighted by Gasteiger charge is -2.12. The van der Waals surface area contributed by atoms with Crippen molar-refractivity contribution >= 4 is 0 Å². The lowest BCUT2D eigenvalue weighted by molar-refractivity contribution is 0.764. The van der Waals surface area contributed by atoms with Crippen molar-refractivity contribution in [2.75, 3.05) is 0 Å². The number of nitrogens with one attached hydrogen (secondary N) is 1. The number of aryl methyl sites for hydroxylation is 2. The maximum absolute atomic E-state index is 12.0. The van der Waals surface area contributed by atoms with Crippen molar-refractivity contribution in [2.45, 2.75) is 40.5 Å². The number of aromatic nitrogens is 2. The van der Waals surface area contributed by atoms with Crippen molar-refractivity contribution < 1.29 is 0 Å². The fourth-order valence-corrected chi connectivity index (χ4v) is 2.16. The summed E-state index contributed by atoms with van der Waals surface area (Å²) >= 11 is 0. The molecule has 1 heterocycles. The SMILES string of the molecule is Cc1ccc(-c2nc(C(C)C)[nH]c(=O)c2C)c(C)c1. The van der Waals surface area contributed by atoms with E-state index in [-0.39, 0.29) is 11.5 Å². The summed E-state index contributed by atoms with van der Waals surface area (Å²) in [5.74, 6) is 0.948. The summed E-state index contributed by atoms with van der Waals surface area (Å²) in [7, 11) is 0. The molecule has 0 aliphatic heterocycles. The molecule has 0 radical (unpaired) electrons. The molecule has 1 aromatic heterocycles. The van der Waals surface area contributed by atoms with Gasteiger partial charge in [0.05, 0.1) is 5.69 Å². The number of aromatic amines is 1. The van der Waals surface area contributed by atoms with Gasteiger partial charge in [0, 0.05) is 17.0 Å². The molecule has 0 aliphatic carbocycles. The van der Waals surface area contributed by atoms with E-state index in [1.165, 1.54) is 5.56 Å². The molecule has 3 heteroatoms. The molecule has 0 saturated carbocycles. The lowest BCUT2D eigenvalue weighted by atomic mass is 10.00. The molecule has 0 bridgehead atoms. The molecular formula is C16H20N2O. The van der Waals surface area contributed by atoms with Crippen LogP contribution < -0.4 is 5.56 Å². The number of hydrogen-bond donors (Lipinski definition) is 1. The van der Waals surface area contributed by atoms with Crippen LogP contribution in [0.15, 0.2) is 23.0 Å². The quantitative estimate of drug-likeness (QED) is 0.894. The molecule has 0 unspecified atom stereocenters. The Morgan fingerprint density at radius 3 is 2.42 bits per heavy atom. The molecule has 0 aliphatic rings. The highest BCUT2D eigenvalue weighted by Crippen LogP contribution is 2.24. The summed E-state index contributed by atoms with van der Waals surface area (Å²) in [5.41, 5.74) is 4.83. The van der Waals surface area contributed by atoms with Crippen LogP contribution in [-0.4, -0.2) is 9.97 Å². The third-order valence-corrected chi connectivity index (χ3v) is 3.35. The van der Waals surface area contributed by atoms with Crippen LogP contribution in [0.2, 0.25) is 0 Å². The van der Waals surface area contributed by atoms with Gasteiger partial charge >= 0.3 is 0 Å². The molecule has 0 spiro atoms. The second-order valence-corrected chi connectivity index (χ2v) is 5.40. The lowest BCUT2D eigenvalue weighted by Crippen LogP contribution is -2.17. The summed E-state index contributed by atoms with van der Waals surface area (Å²) in [6, 6.07) is 6.22. The molecule has 0 atom stereocenters. The van der Waals surface area contributed by atoms with Crippen molar-refractivity contribution in [1.29, 1.82) is 0 Å².